The molecule has 0 rings (SSSR count). The van der Waals surface area contributed by atoms with Crippen LogP contribution in [-0.4, -0.2) is 16.7 Å². The van der Waals surface area contributed by atoms with Gasteiger partial charge in [0.15, 0.2) is 6.29 Å². The molecule has 1 unspecified atom stereocenters. The first-order valence-corrected chi connectivity index (χ1v) is 1.25. The smallest absolute Gasteiger partial charge is 0.185 e. The van der Waals surface area contributed by atoms with E-state index in [1.807, 2.05) is 0 Å². The fourth-order valence-corrected chi connectivity index (χ4v) is 0. The van der Waals surface area contributed by atoms with Crippen LogP contribution in [0.4, 0.5) is 0 Å². The summed E-state index contributed by atoms with van der Waals surface area (Å²) in [6.07, 6.45) is -1.06. The van der Waals surface area contributed by atoms with Crippen molar-refractivity contribution in [2.75, 3.05) is 0 Å². The van der Waals surface area contributed by atoms with Crippen molar-refractivity contribution in [2.24, 2.45) is 0 Å². The Morgan fingerprint density at radius 2 is 1.83 bits per heavy atom. The van der Waals surface area contributed by atoms with Gasteiger partial charge in [-0.3, -0.25) is 0 Å². The van der Waals surface area contributed by atoms with Crippen molar-refractivity contribution >= 4 is 24.0 Å². The summed E-state index contributed by atoms with van der Waals surface area (Å²) >= 11 is 0. The van der Waals surface area contributed by atoms with Crippen LogP contribution in [0.3, 0.4) is 0 Å². The van der Waals surface area contributed by atoms with E-state index < -0.39 is 6.29 Å². The molecular weight excluding hydrogens is 199 g/mol. The Labute approximate surface area is 52.9 Å². The largest absolute Gasteiger partial charge is 0.366 e. The first-order chi connectivity index (χ1) is 2.27. The summed E-state index contributed by atoms with van der Waals surface area (Å²) in [5.41, 5.74) is 0. The van der Waals surface area contributed by atoms with E-state index in [1.54, 1.807) is 0 Å². The molecule has 0 radical (unpaired) electrons. The van der Waals surface area contributed by atoms with Crippen molar-refractivity contribution in [3.63, 3.8) is 0 Å². The van der Waals surface area contributed by atoms with Crippen molar-refractivity contribution in [1.29, 1.82) is 0 Å². The molecule has 2 N–H and O–H groups in total. The van der Waals surface area contributed by atoms with E-state index in [2.05, 4.69) is 4.89 Å². The van der Waals surface area contributed by atoms with Gasteiger partial charge in [0, 0.05) is 0 Å². The summed E-state index contributed by atoms with van der Waals surface area (Å²) < 4.78 is 0. The molecule has 0 amide bonds. The topological polar surface area (TPSA) is 49.7 Å². The molecule has 0 spiro atoms. The minimum absolute atomic E-state index is 0. The maximum absolute atomic E-state index is 7.89. The number of halogens is 1. The van der Waals surface area contributed by atoms with Crippen molar-refractivity contribution in [3.8, 4) is 0 Å². The first-order valence-electron chi connectivity index (χ1n) is 1.25. The van der Waals surface area contributed by atoms with Crippen molar-refractivity contribution in [3.05, 3.63) is 0 Å². The Morgan fingerprint density at radius 1 is 1.67 bits per heavy atom. The predicted octanol–water partition coefficient (Wildman–Crippen LogP) is 0.432. The Hall–Kier alpha value is 0.610. The molecule has 0 aliphatic heterocycles. The van der Waals surface area contributed by atoms with Gasteiger partial charge in [0.2, 0.25) is 0 Å². The Kier molecular flexibility index (Phi) is 9.15. The van der Waals surface area contributed by atoms with Crippen LogP contribution in [0.1, 0.15) is 6.92 Å². The summed E-state index contributed by atoms with van der Waals surface area (Å²) in [5, 5.41) is 15.3. The molecule has 1 atom stereocenters. The number of aliphatic hydroxyl groups is 1. The van der Waals surface area contributed by atoms with E-state index in [1.165, 1.54) is 6.92 Å². The molecule has 0 heterocycles. The Morgan fingerprint density at radius 3 is 1.83 bits per heavy atom. The maximum Gasteiger partial charge on any atom is 0.185 e. The lowest BCUT2D eigenvalue weighted by atomic mass is 10.8. The molecule has 4 heteroatoms. The van der Waals surface area contributed by atoms with Crippen LogP contribution >= 0.6 is 24.0 Å². The third kappa shape index (κ3) is 8.82. The lowest BCUT2D eigenvalue weighted by Crippen LogP contribution is -2.00. The summed E-state index contributed by atoms with van der Waals surface area (Å²) in [6.45, 7) is 1.31. The van der Waals surface area contributed by atoms with E-state index in [0.717, 1.165) is 0 Å². The molecule has 0 fully saturated rings. The highest BCUT2D eigenvalue weighted by Crippen LogP contribution is 1.71. The molecule has 0 aromatic carbocycles. The molecule has 0 aliphatic carbocycles. The van der Waals surface area contributed by atoms with E-state index in [4.69, 9.17) is 10.4 Å². The second-order valence-corrected chi connectivity index (χ2v) is 0.705. The van der Waals surface area contributed by atoms with Gasteiger partial charge in [0.05, 0.1) is 0 Å². The third-order valence-electron chi connectivity index (χ3n) is 0.153. The monoisotopic (exact) mass is 206 g/mol. The normalized spacial score (nSPS) is 12.5. The zero-order chi connectivity index (χ0) is 4.28. The average Bonchev–Trinajstić information content (AvgIpc) is 1.38. The van der Waals surface area contributed by atoms with Crippen LogP contribution in [0.25, 0.3) is 0 Å². The van der Waals surface area contributed by atoms with Crippen LogP contribution in [-0.2, 0) is 4.89 Å². The summed E-state index contributed by atoms with van der Waals surface area (Å²) in [4.78, 5) is 3.31. The lowest BCUT2D eigenvalue weighted by molar-refractivity contribution is -0.327. The Bertz CT molecular complexity index is 22.8. The zero-order valence-corrected chi connectivity index (χ0v) is 5.62. The number of hydrogen-bond acceptors (Lipinski definition) is 3. The van der Waals surface area contributed by atoms with Gasteiger partial charge in [-0.05, 0) is 6.92 Å². The minimum Gasteiger partial charge on any atom is -0.366 e. The van der Waals surface area contributed by atoms with Crippen molar-refractivity contribution < 1.29 is 15.3 Å². The molecule has 0 bridgehead atoms. The zero-order valence-electron chi connectivity index (χ0n) is 3.29. The highest BCUT2D eigenvalue weighted by molar-refractivity contribution is 14.0. The second-order valence-electron chi connectivity index (χ2n) is 0.705. The lowest BCUT2D eigenvalue weighted by Gasteiger charge is -1.90. The fraction of sp³-hybridized carbons (Fsp3) is 1.00. The average molecular weight is 206 g/mol. The minimum atomic E-state index is -1.06. The molecule has 3 nitrogen and oxygen atoms in total. The molecule has 40 valence electrons. The first kappa shape index (κ1) is 9.79. The highest BCUT2D eigenvalue weighted by atomic mass is 127. The van der Waals surface area contributed by atoms with Gasteiger partial charge in [0.1, 0.15) is 0 Å². The summed E-state index contributed by atoms with van der Waals surface area (Å²) in [7, 11) is 0. The third-order valence-corrected chi connectivity index (χ3v) is 0.153. The van der Waals surface area contributed by atoms with Gasteiger partial charge in [-0.1, -0.05) is 0 Å². The highest BCUT2D eigenvalue weighted by Gasteiger charge is 1.83. The number of hydrogen-bond donors (Lipinski definition) is 2. The summed E-state index contributed by atoms with van der Waals surface area (Å²) in [5.74, 6) is 0. The molecule has 6 heavy (non-hydrogen) atoms. The number of rotatable bonds is 1. The molecule has 0 aromatic rings. The quantitative estimate of drug-likeness (QED) is 0.283. The maximum atomic E-state index is 7.89. The molecule has 0 aliphatic rings. The van der Waals surface area contributed by atoms with Crippen LogP contribution in [0.2, 0.25) is 0 Å². The number of aliphatic hydroxyl groups excluding tert-OH is 1. The predicted molar refractivity (Wildman–Crippen MR) is 30.8 cm³/mol. The SMILES string of the molecule is CC(O)OO.I. The van der Waals surface area contributed by atoms with Crippen molar-refractivity contribution in [1.82, 2.24) is 0 Å². The van der Waals surface area contributed by atoms with Gasteiger partial charge in [-0.2, -0.15) is 0 Å². The van der Waals surface area contributed by atoms with Gasteiger partial charge in [-0.25, -0.2) is 10.1 Å². The molecule has 0 aromatic heterocycles. The van der Waals surface area contributed by atoms with Gasteiger partial charge in [-0.15, -0.1) is 24.0 Å². The fourth-order valence-electron chi connectivity index (χ4n) is 0. The van der Waals surface area contributed by atoms with Gasteiger partial charge < -0.3 is 5.11 Å². The van der Waals surface area contributed by atoms with Crippen molar-refractivity contribution in [2.45, 2.75) is 13.2 Å². The molecule has 0 saturated carbocycles. The second kappa shape index (κ2) is 5.61. The summed E-state index contributed by atoms with van der Waals surface area (Å²) in [6, 6.07) is 0. The van der Waals surface area contributed by atoms with E-state index in [9.17, 15) is 0 Å². The van der Waals surface area contributed by atoms with Crippen LogP contribution in [0, 0.1) is 0 Å². The van der Waals surface area contributed by atoms with Crippen LogP contribution in [0.5, 0.6) is 0 Å². The standard InChI is InChI=1S/C2H6O3.HI/c1-2(3)5-4;/h2-4H,1H3;1H. The van der Waals surface area contributed by atoms with E-state index in [-0.39, 0.29) is 24.0 Å². The van der Waals surface area contributed by atoms with Crippen LogP contribution < -0.4 is 0 Å². The van der Waals surface area contributed by atoms with E-state index >= 15 is 0 Å². The molecule has 0 saturated heterocycles. The van der Waals surface area contributed by atoms with E-state index in [0.29, 0.717) is 0 Å². The Balaban J connectivity index is 0. The van der Waals surface area contributed by atoms with Gasteiger partial charge in [0.25, 0.3) is 0 Å². The van der Waals surface area contributed by atoms with Gasteiger partial charge >= 0.3 is 0 Å². The van der Waals surface area contributed by atoms with Crippen LogP contribution in [0.15, 0.2) is 0 Å². The molecular formula is C2H7IO3.